The lowest BCUT2D eigenvalue weighted by Gasteiger charge is -2.21. The summed E-state index contributed by atoms with van der Waals surface area (Å²) in [4.78, 5) is 12.1. The molecular formula is C14H20N2O2. The minimum absolute atomic E-state index is 0.113. The highest BCUT2D eigenvalue weighted by molar-refractivity contribution is 5.93. The molecule has 0 unspecified atom stereocenters. The van der Waals surface area contributed by atoms with Gasteiger partial charge in [-0.15, -0.1) is 0 Å². The smallest absolute Gasteiger partial charge is 0.227 e. The lowest BCUT2D eigenvalue weighted by Crippen LogP contribution is -2.24. The number of amides is 1. The van der Waals surface area contributed by atoms with Crippen molar-refractivity contribution in [3.63, 3.8) is 0 Å². The van der Waals surface area contributed by atoms with Gasteiger partial charge in [0, 0.05) is 17.7 Å². The Morgan fingerprint density at radius 2 is 2.06 bits per heavy atom. The minimum Gasteiger partial charge on any atom is -0.495 e. The van der Waals surface area contributed by atoms with Crippen LogP contribution >= 0.6 is 0 Å². The van der Waals surface area contributed by atoms with Crippen molar-refractivity contribution in [1.29, 1.82) is 0 Å². The second kappa shape index (κ2) is 5.76. The third-order valence-electron chi connectivity index (χ3n) is 3.48. The van der Waals surface area contributed by atoms with Crippen molar-refractivity contribution in [2.45, 2.75) is 32.1 Å². The Labute approximate surface area is 108 Å². The van der Waals surface area contributed by atoms with Gasteiger partial charge in [0.1, 0.15) is 5.75 Å². The molecule has 1 aromatic carbocycles. The summed E-state index contributed by atoms with van der Waals surface area (Å²) in [6.07, 6.45) is 5.56. The van der Waals surface area contributed by atoms with Crippen molar-refractivity contribution in [3.8, 4) is 5.75 Å². The van der Waals surface area contributed by atoms with E-state index < -0.39 is 0 Å². The quantitative estimate of drug-likeness (QED) is 0.808. The van der Waals surface area contributed by atoms with Crippen molar-refractivity contribution in [2.24, 2.45) is 5.92 Å². The zero-order chi connectivity index (χ0) is 13.0. The molecule has 0 atom stereocenters. The van der Waals surface area contributed by atoms with Gasteiger partial charge in [-0.25, -0.2) is 0 Å². The number of nitrogen functional groups attached to an aromatic ring is 1. The second-order valence-corrected chi connectivity index (χ2v) is 4.78. The molecular weight excluding hydrogens is 228 g/mol. The summed E-state index contributed by atoms with van der Waals surface area (Å²) in [5.41, 5.74) is 7.06. The van der Waals surface area contributed by atoms with Crippen molar-refractivity contribution < 1.29 is 9.53 Å². The third kappa shape index (κ3) is 2.94. The Morgan fingerprint density at radius 1 is 1.33 bits per heavy atom. The highest BCUT2D eigenvalue weighted by Crippen LogP contribution is 2.28. The van der Waals surface area contributed by atoms with Gasteiger partial charge in [-0.3, -0.25) is 4.79 Å². The first kappa shape index (κ1) is 12.7. The average Bonchev–Trinajstić information content (AvgIpc) is 2.42. The Morgan fingerprint density at radius 3 is 2.72 bits per heavy atom. The first-order valence-electron chi connectivity index (χ1n) is 6.45. The molecule has 4 heteroatoms. The molecule has 0 aliphatic heterocycles. The number of rotatable bonds is 3. The summed E-state index contributed by atoms with van der Waals surface area (Å²) in [7, 11) is 1.57. The molecule has 1 aromatic rings. The van der Waals surface area contributed by atoms with Crippen LogP contribution in [0.15, 0.2) is 18.2 Å². The van der Waals surface area contributed by atoms with E-state index >= 15 is 0 Å². The summed E-state index contributed by atoms with van der Waals surface area (Å²) >= 11 is 0. The lowest BCUT2D eigenvalue weighted by molar-refractivity contribution is -0.120. The van der Waals surface area contributed by atoms with E-state index in [9.17, 15) is 4.79 Å². The maximum atomic E-state index is 12.1. The van der Waals surface area contributed by atoms with Crippen LogP contribution in [0, 0.1) is 5.92 Å². The first-order valence-corrected chi connectivity index (χ1v) is 6.45. The molecule has 4 nitrogen and oxygen atoms in total. The predicted molar refractivity (Wildman–Crippen MR) is 72.6 cm³/mol. The molecule has 0 radical (unpaired) electrons. The monoisotopic (exact) mass is 248 g/mol. The number of carbonyl (C=O) groups is 1. The standard InChI is InChI=1S/C14H20N2O2/c1-18-13-9-11(7-8-12(13)15)16-14(17)10-5-3-2-4-6-10/h7-10H,2-6,15H2,1H3,(H,16,17). The molecule has 0 bridgehead atoms. The first-order chi connectivity index (χ1) is 8.70. The zero-order valence-electron chi connectivity index (χ0n) is 10.7. The van der Waals surface area contributed by atoms with E-state index in [1.807, 2.05) is 0 Å². The molecule has 98 valence electrons. The molecule has 1 saturated carbocycles. The van der Waals surface area contributed by atoms with Crippen LogP contribution in [0.3, 0.4) is 0 Å². The van der Waals surface area contributed by atoms with E-state index in [1.165, 1.54) is 6.42 Å². The van der Waals surface area contributed by atoms with E-state index in [0.29, 0.717) is 11.4 Å². The van der Waals surface area contributed by atoms with Gasteiger partial charge in [-0.1, -0.05) is 19.3 Å². The van der Waals surface area contributed by atoms with Crippen LogP contribution in [0.5, 0.6) is 5.75 Å². The van der Waals surface area contributed by atoms with Crippen LogP contribution < -0.4 is 15.8 Å². The Balaban J connectivity index is 2.02. The molecule has 3 N–H and O–H groups in total. The molecule has 2 rings (SSSR count). The van der Waals surface area contributed by atoms with Crippen LogP contribution in [-0.4, -0.2) is 13.0 Å². The fourth-order valence-corrected chi connectivity index (χ4v) is 2.40. The molecule has 1 amide bonds. The number of benzene rings is 1. The molecule has 18 heavy (non-hydrogen) atoms. The summed E-state index contributed by atoms with van der Waals surface area (Å²) < 4.78 is 5.14. The predicted octanol–water partition coefficient (Wildman–Crippen LogP) is 2.80. The minimum atomic E-state index is 0.113. The number of carbonyl (C=O) groups excluding carboxylic acids is 1. The molecule has 0 saturated heterocycles. The van der Waals surface area contributed by atoms with Crippen molar-refractivity contribution in [2.75, 3.05) is 18.2 Å². The maximum Gasteiger partial charge on any atom is 0.227 e. The Kier molecular flexibility index (Phi) is 4.07. The zero-order valence-corrected chi connectivity index (χ0v) is 10.7. The number of ether oxygens (including phenoxy) is 1. The van der Waals surface area contributed by atoms with Gasteiger partial charge in [0.15, 0.2) is 0 Å². The van der Waals surface area contributed by atoms with Crippen LogP contribution in [-0.2, 0) is 4.79 Å². The Bertz CT molecular complexity index is 426. The number of hydrogen-bond donors (Lipinski definition) is 2. The SMILES string of the molecule is COc1cc(NC(=O)C2CCCCC2)ccc1N. The summed E-state index contributed by atoms with van der Waals surface area (Å²) in [5, 5.41) is 2.94. The molecule has 1 aliphatic carbocycles. The third-order valence-corrected chi connectivity index (χ3v) is 3.48. The fraction of sp³-hybridized carbons (Fsp3) is 0.500. The average molecular weight is 248 g/mol. The fourth-order valence-electron chi connectivity index (χ4n) is 2.40. The number of methoxy groups -OCH3 is 1. The summed E-state index contributed by atoms with van der Waals surface area (Å²) in [6.45, 7) is 0. The van der Waals surface area contributed by atoms with E-state index in [4.69, 9.17) is 10.5 Å². The highest BCUT2D eigenvalue weighted by atomic mass is 16.5. The van der Waals surface area contributed by atoms with Gasteiger partial charge < -0.3 is 15.8 Å². The van der Waals surface area contributed by atoms with Crippen LogP contribution in [0.4, 0.5) is 11.4 Å². The lowest BCUT2D eigenvalue weighted by atomic mass is 9.88. The van der Waals surface area contributed by atoms with Crippen LogP contribution in [0.2, 0.25) is 0 Å². The Hall–Kier alpha value is -1.71. The van der Waals surface area contributed by atoms with Crippen LogP contribution in [0.1, 0.15) is 32.1 Å². The second-order valence-electron chi connectivity index (χ2n) is 4.78. The number of nitrogens with two attached hydrogens (primary N) is 1. The number of nitrogens with one attached hydrogen (secondary N) is 1. The van der Waals surface area contributed by atoms with E-state index in [2.05, 4.69) is 5.32 Å². The van der Waals surface area contributed by atoms with Gasteiger partial charge in [-0.05, 0) is 25.0 Å². The van der Waals surface area contributed by atoms with E-state index in [0.717, 1.165) is 31.4 Å². The van der Waals surface area contributed by atoms with Gasteiger partial charge in [0.05, 0.1) is 12.8 Å². The van der Waals surface area contributed by atoms with Crippen molar-refractivity contribution >= 4 is 17.3 Å². The molecule has 0 aromatic heterocycles. The molecule has 0 heterocycles. The normalized spacial score (nSPS) is 16.3. The molecule has 1 aliphatic rings. The maximum absolute atomic E-state index is 12.1. The van der Waals surface area contributed by atoms with E-state index in [1.54, 1.807) is 25.3 Å². The number of anilines is 2. The topological polar surface area (TPSA) is 64.3 Å². The van der Waals surface area contributed by atoms with Gasteiger partial charge in [0.25, 0.3) is 0 Å². The molecule has 0 spiro atoms. The van der Waals surface area contributed by atoms with Crippen molar-refractivity contribution in [3.05, 3.63) is 18.2 Å². The summed E-state index contributed by atoms with van der Waals surface area (Å²) in [5.74, 6) is 0.861. The number of hydrogen-bond acceptors (Lipinski definition) is 3. The highest BCUT2D eigenvalue weighted by Gasteiger charge is 2.21. The van der Waals surface area contributed by atoms with Crippen molar-refractivity contribution in [1.82, 2.24) is 0 Å². The van der Waals surface area contributed by atoms with Gasteiger partial charge >= 0.3 is 0 Å². The van der Waals surface area contributed by atoms with Crippen LogP contribution in [0.25, 0.3) is 0 Å². The van der Waals surface area contributed by atoms with E-state index in [-0.39, 0.29) is 11.8 Å². The largest absolute Gasteiger partial charge is 0.495 e. The van der Waals surface area contributed by atoms with Gasteiger partial charge in [0.2, 0.25) is 5.91 Å². The van der Waals surface area contributed by atoms with Gasteiger partial charge in [-0.2, -0.15) is 0 Å². The molecule has 1 fully saturated rings. The summed E-state index contributed by atoms with van der Waals surface area (Å²) in [6, 6.07) is 5.31.